The molecule has 1 amide bonds. The van der Waals surface area contributed by atoms with Crippen LogP contribution in [0.2, 0.25) is 0 Å². The maximum Gasteiger partial charge on any atom is 0.222 e. The summed E-state index contributed by atoms with van der Waals surface area (Å²) >= 11 is 0. The van der Waals surface area contributed by atoms with Gasteiger partial charge in [-0.1, -0.05) is 30.3 Å². The van der Waals surface area contributed by atoms with Gasteiger partial charge in [-0.05, 0) is 5.56 Å². The third-order valence-electron chi connectivity index (χ3n) is 2.81. The standard InChI is InChI=1S/C11H14N2O/c12-11(14)10-7-13-6-9(10)8-4-2-1-3-5-8/h1-5,9-10,13H,6-7H2,(H2,12,14)/t9-,10-/m1/s1. The molecular formula is C11H14N2O. The van der Waals surface area contributed by atoms with E-state index in [-0.39, 0.29) is 17.7 Å². The van der Waals surface area contributed by atoms with Crippen LogP contribution in [0.15, 0.2) is 30.3 Å². The van der Waals surface area contributed by atoms with Gasteiger partial charge in [-0.15, -0.1) is 0 Å². The molecule has 0 radical (unpaired) electrons. The van der Waals surface area contributed by atoms with Crippen LogP contribution in [-0.4, -0.2) is 19.0 Å². The highest BCUT2D eigenvalue weighted by atomic mass is 16.1. The average molecular weight is 190 g/mol. The van der Waals surface area contributed by atoms with Crippen molar-refractivity contribution in [2.45, 2.75) is 5.92 Å². The molecular weight excluding hydrogens is 176 g/mol. The Balaban J connectivity index is 2.22. The molecule has 2 rings (SSSR count). The van der Waals surface area contributed by atoms with Gasteiger partial charge in [-0.3, -0.25) is 4.79 Å². The van der Waals surface area contributed by atoms with Gasteiger partial charge in [0, 0.05) is 19.0 Å². The van der Waals surface area contributed by atoms with Gasteiger partial charge >= 0.3 is 0 Å². The first kappa shape index (κ1) is 9.21. The molecule has 0 spiro atoms. The first-order valence-electron chi connectivity index (χ1n) is 4.84. The molecule has 0 unspecified atom stereocenters. The summed E-state index contributed by atoms with van der Waals surface area (Å²) < 4.78 is 0. The minimum atomic E-state index is -0.205. The number of hydrogen-bond donors (Lipinski definition) is 2. The largest absolute Gasteiger partial charge is 0.369 e. The van der Waals surface area contributed by atoms with Crippen molar-refractivity contribution < 1.29 is 4.79 Å². The number of benzene rings is 1. The zero-order valence-corrected chi connectivity index (χ0v) is 7.94. The van der Waals surface area contributed by atoms with Crippen molar-refractivity contribution in [3.8, 4) is 0 Å². The monoisotopic (exact) mass is 190 g/mol. The molecule has 74 valence electrons. The van der Waals surface area contributed by atoms with Crippen LogP contribution in [0.5, 0.6) is 0 Å². The summed E-state index contributed by atoms with van der Waals surface area (Å²) in [5, 5.41) is 3.20. The summed E-state index contributed by atoms with van der Waals surface area (Å²) in [4.78, 5) is 11.2. The molecule has 3 heteroatoms. The van der Waals surface area contributed by atoms with Crippen LogP contribution in [0.3, 0.4) is 0 Å². The van der Waals surface area contributed by atoms with E-state index in [1.54, 1.807) is 0 Å². The Morgan fingerprint density at radius 1 is 1.29 bits per heavy atom. The summed E-state index contributed by atoms with van der Waals surface area (Å²) in [6, 6.07) is 10.1. The van der Waals surface area contributed by atoms with Crippen LogP contribution in [-0.2, 0) is 4.79 Å². The Kier molecular flexibility index (Phi) is 2.50. The number of hydrogen-bond acceptors (Lipinski definition) is 2. The second-order valence-corrected chi connectivity index (χ2v) is 3.68. The topological polar surface area (TPSA) is 55.1 Å². The van der Waals surface area contributed by atoms with Crippen molar-refractivity contribution >= 4 is 5.91 Å². The Labute approximate surface area is 83.3 Å². The van der Waals surface area contributed by atoms with E-state index in [1.165, 1.54) is 5.56 Å². The number of rotatable bonds is 2. The number of nitrogens with one attached hydrogen (secondary N) is 1. The fourth-order valence-corrected chi connectivity index (χ4v) is 2.03. The van der Waals surface area contributed by atoms with Crippen LogP contribution in [0, 0.1) is 5.92 Å². The van der Waals surface area contributed by atoms with Crippen molar-refractivity contribution in [2.24, 2.45) is 11.7 Å². The summed E-state index contributed by atoms with van der Waals surface area (Å²) in [6.45, 7) is 1.55. The van der Waals surface area contributed by atoms with Gasteiger partial charge in [0.2, 0.25) is 5.91 Å². The Hall–Kier alpha value is -1.35. The normalized spacial score (nSPS) is 26.3. The van der Waals surface area contributed by atoms with Gasteiger partial charge in [0.15, 0.2) is 0 Å². The lowest BCUT2D eigenvalue weighted by Gasteiger charge is -2.15. The predicted molar refractivity (Wildman–Crippen MR) is 54.7 cm³/mol. The predicted octanol–water partition coefficient (Wildman–Crippen LogP) is 0.475. The molecule has 0 bridgehead atoms. The Morgan fingerprint density at radius 2 is 2.00 bits per heavy atom. The van der Waals surface area contributed by atoms with Crippen LogP contribution in [0.1, 0.15) is 11.5 Å². The average Bonchev–Trinajstić information content (AvgIpc) is 2.67. The maximum atomic E-state index is 11.2. The number of carbonyl (C=O) groups excluding carboxylic acids is 1. The highest BCUT2D eigenvalue weighted by Crippen LogP contribution is 2.27. The molecule has 14 heavy (non-hydrogen) atoms. The van der Waals surface area contributed by atoms with E-state index >= 15 is 0 Å². The highest BCUT2D eigenvalue weighted by Gasteiger charge is 2.32. The third-order valence-corrected chi connectivity index (χ3v) is 2.81. The van der Waals surface area contributed by atoms with E-state index in [0.29, 0.717) is 6.54 Å². The first-order chi connectivity index (χ1) is 6.79. The maximum absolute atomic E-state index is 11.2. The lowest BCUT2D eigenvalue weighted by atomic mass is 9.89. The van der Waals surface area contributed by atoms with E-state index in [9.17, 15) is 4.79 Å². The number of nitrogens with two attached hydrogens (primary N) is 1. The SMILES string of the molecule is NC(=O)[C@@H]1CNC[C@@H]1c1ccccc1. The second kappa shape index (κ2) is 3.80. The first-order valence-corrected chi connectivity index (χ1v) is 4.84. The fraction of sp³-hybridized carbons (Fsp3) is 0.364. The van der Waals surface area contributed by atoms with Crippen LogP contribution in [0.4, 0.5) is 0 Å². The van der Waals surface area contributed by atoms with Gasteiger partial charge in [0.25, 0.3) is 0 Å². The zero-order chi connectivity index (χ0) is 9.97. The van der Waals surface area contributed by atoms with E-state index in [4.69, 9.17) is 5.73 Å². The lowest BCUT2D eigenvalue weighted by Crippen LogP contribution is -2.28. The van der Waals surface area contributed by atoms with Gasteiger partial charge in [0.1, 0.15) is 0 Å². The summed E-state index contributed by atoms with van der Waals surface area (Å²) in [5.41, 5.74) is 6.54. The molecule has 1 fully saturated rings. The van der Waals surface area contributed by atoms with Crippen LogP contribution < -0.4 is 11.1 Å². The number of primary amides is 1. The molecule has 0 aromatic heterocycles. The number of amides is 1. The van der Waals surface area contributed by atoms with E-state index in [1.807, 2.05) is 30.3 Å². The van der Waals surface area contributed by atoms with Crippen molar-refractivity contribution in [1.29, 1.82) is 0 Å². The third kappa shape index (κ3) is 1.63. The second-order valence-electron chi connectivity index (χ2n) is 3.68. The zero-order valence-electron chi connectivity index (χ0n) is 7.94. The van der Waals surface area contributed by atoms with Gasteiger partial charge < -0.3 is 11.1 Å². The number of carbonyl (C=O) groups is 1. The van der Waals surface area contributed by atoms with Crippen molar-refractivity contribution in [3.05, 3.63) is 35.9 Å². The summed E-state index contributed by atoms with van der Waals surface area (Å²) in [5.74, 6) is -0.0186. The van der Waals surface area contributed by atoms with E-state index in [0.717, 1.165) is 6.54 Å². The Bertz CT molecular complexity index is 323. The molecule has 1 saturated heterocycles. The molecule has 1 heterocycles. The quantitative estimate of drug-likeness (QED) is 0.712. The fourth-order valence-electron chi connectivity index (χ4n) is 2.03. The molecule has 2 atom stereocenters. The minimum Gasteiger partial charge on any atom is -0.369 e. The molecule has 1 aromatic carbocycles. The smallest absolute Gasteiger partial charge is 0.222 e. The molecule has 1 aliphatic heterocycles. The van der Waals surface area contributed by atoms with Gasteiger partial charge in [0.05, 0.1) is 5.92 Å². The van der Waals surface area contributed by atoms with Crippen LogP contribution in [0.25, 0.3) is 0 Å². The summed E-state index contributed by atoms with van der Waals surface area (Å²) in [7, 11) is 0. The molecule has 1 aliphatic rings. The Morgan fingerprint density at radius 3 is 2.64 bits per heavy atom. The van der Waals surface area contributed by atoms with E-state index < -0.39 is 0 Å². The van der Waals surface area contributed by atoms with Gasteiger partial charge in [-0.25, -0.2) is 0 Å². The van der Waals surface area contributed by atoms with Crippen molar-refractivity contribution in [2.75, 3.05) is 13.1 Å². The summed E-state index contributed by atoms with van der Waals surface area (Å²) in [6.07, 6.45) is 0. The minimum absolute atomic E-state index is 0.0580. The molecule has 0 aliphatic carbocycles. The lowest BCUT2D eigenvalue weighted by molar-refractivity contribution is -0.121. The van der Waals surface area contributed by atoms with Crippen molar-refractivity contribution in [1.82, 2.24) is 5.32 Å². The van der Waals surface area contributed by atoms with Crippen LogP contribution >= 0.6 is 0 Å². The molecule has 0 saturated carbocycles. The molecule has 1 aromatic rings. The van der Waals surface area contributed by atoms with Crippen molar-refractivity contribution in [3.63, 3.8) is 0 Å². The molecule has 3 N–H and O–H groups in total. The van der Waals surface area contributed by atoms with E-state index in [2.05, 4.69) is 5.32 Å². The molecule has 3 nitrogen and oxygen atoms in total. The van der Waals surface area contributed by atoms with Gasteiger partial charge in [-0.2, -0.15) is 0 Å². The highest BCUT2D eigenvalue weighted by molar-refractivity contribution is 5.78.